The van der Waals surface area contributed by atoms with Crippen molar-refractivity contribution < 1.29 is 24.3 Å². The van der Waals surface area contributed by atoms with Crippen molar-refractivity contribution in [2.45, 2.75) is 39.1 Å². The second-order valence-corrected chi connectivity index (χ2v) is 5.20. The van der Waals surface area contributed by atoms with Gasteiger partial charge in [0.15, 0.2) is 5.78 Å². The van der Waals surface area contributed by atoms with Gasteiger partial charge in [0.25, 0.3) is 0 Å². The van der Waals surface area contributed by atoms with Crippen molar-refractivity contribution in [2.24, 2.45) is 0 Å². The highest BCUT2D eigenvalue weighted by molar-refractivity contribution is 5.83. The minimum absolute atomic E-state index is 0.0119. The smallest absolute Gasteiger partial charge is 0.431 e. The van der Waals surface area contributed by atoms with Crippen LogP contribution < -0.4 is 5.48 Å². The minimum Gasteiger partial charge on any atom is -0.442 e. The maximum atomic E-state index is 11.6. The molecule has 2 N–H and O–H groups in total. The SMILES string of the molecule is CC(C)(C)OC(=O)NOC(O)C(=O)Cc1ccccc1. The summed E-state index contributed by atoms with van der Waals surface area (Å²) in [5.41, 5.74) is 1.93. The van der Waals surface area contributed by atoms with Gasteiger partial charge in [-0.05, 0) is 26.3 Å². The van der Waals surface area contributed by atoms with Crippen molar-refractivity contribution in [1.29, 1.82) is 0 Å². The molecule has 0 fully saturated rings. The minimum atomic E-state index is -1.73. The highest BCUT2D eigenvalue weighted by Crippen LogP contribution is 2.07. The number of Topliss-reactive ketones (excluding diaryl/α,β-unsaturated/α-hetero) is 1. The number of amides is 1. The Bertz CT molecular complexity index is 452. The zero-order valence-electron chi connectivity index (χ0n) is 11.8. The van der Waals surface area contributed by atoms with E-state index >= 15 is 0 Å². The molecule has 1 rings (SSSR count). The number of aliphatic hydroxyl groups is 1. The van der Waals surface area contributed by atoms with Crippen LogP contribution in [-0.2, 0) is 20.8 Å². The van der Waals surface area contributed by atoms with Crippen LogP contribution in [0.2, 0.25) is 0 Å². The molecule has 1 atom stereocenters. The Kier molecular flexibility index (Phi) is 5.66. The average Bonchev–Trinajstić information content (AvgIpc) is 2.35. The quantitative estimate of drug-likeness (QED) is 0.632. The number of hydrogen-bond acceptors (Lipinski definition) is 5. The second kappa shape index (κ2) is 7.02. The summed E-state index contributed by atoms with van der Waals surface area (Å²) in [6, 6.07) is 8.91. The molecule has 0 radical (unpaired) electrons. The lowest BCUT2D eigenvalue weighted by Gasteiger charge is -2.20. The molecule has 0 aliphatic heterocycles. The summed E-state index contributed by atoms with van der Waals surface area (Å²) >= 11 is 0. The van der Waals surface area contributed by atoms with Crippen LogP contribution in [0.25, 0.3) is 0 Å². The lowest BCUT2D eigenvalue weighted by Crippen LogP contribution is -2.38. The fraction of sp³-hybridized carbons (Fsp3) is 0.429. The van der Waals surface area contributed by atoms with E-state index in [0.29, 0.717) is 0 Å². The first-order valence-electron chi connectivity index (χ1n) is 6.17. The Morgan fingerprint density at radius 1 is 1.25 bits per heavy atom. The van der Waals surface area contributed by atoms with E-state index in [1.807, 2.05) is 11.5 Å². The van der Waals surface area contributed by atoms with Crippen LogP contribution >= 0.6 is 0 Å². The number of benzene rings is 1. The number of carbonyl (C=O) groups is 2. The van der Waals surface area contributed by atoms with Gasteiger partial charge in [0.05, 0.1) is 0 Å². The van der Waals surface area contributed by atoms with Crippen LogP contribution in [0.3, 0.4) is 0 Å². The summed E-state index contributed by atoms with van der Waals surface area (Å²) in [7, 11) is 0. The Hall–Kier alpha value is -1.92. The molecule has 110 valence electrons. The van der Waals surface area contributed by atoms with Gasteiger partial charge in [-0.1, -0.05) is 30.3 Å². The molecule has 0 bridgehead atoms. The highest BCUT2D eigenvalue weighted by Gasteiger charge is 2.20. The molecule has 1 aromatic rings. The number of nitrogens with one attached hydrogen (secondary N) is 1. The van der Waals surface area contributed by atoms with E-state index < -0.39 is 23.8 Å². The number of aliphatic hydroxyl groups excluding tert-OH is 1. The summed E-state index contributed by atoms with van der Waals surface area (Å²) in [5.74, 6) is -0.563. The summed E-state index contributed by atoms with van der Waals surface area (Å²) in [4.78, 5) is 27.5. The molecule has 0 heterocycles. The molecule has 0 spiro atoms. The maximum Gasteiger partial charge on any atom is 0.431 e. The fourth-order valence-electron chi connectivity index (χ4n) is 1.35. The van der Waals surface area contributed by atoms with Crippen LogP contribution in [-0.4, -0.2) is 28.9 Å². The first-order valence-corrected chi connectivity index (χ1v) is 6.17. The lowest BCUT2D eigenvalue weighted by atomic mass is 10.1. The van der Waals surface area contributed by atoms with Crippen LogP contribution in [0.1, 0.15) is 26.3 Å². The predicted octanol–water partition coefficient (Wildman–Crippen LogP) is 1.57. The zero-order valence-corrected chi connectivity index (χ0v) is 11.8. The molecule has 6 nitrogen and oxygen atoms in total. The molecule has 20 heavy (non-hydrogen) atoms. The Morgan fingerprint density at radius 3 is 2.40 bits per heavy atom. The topological polar surface area (TPSA) is 84.9 Å². The monoisotopic (exact) mass is 281 g/mol. The first-order chi connectivity index (χ1) is 9.28. The normalized spacial score (nSPS) is 12.6. The number of hydroxylamine groups is 1. The molecule has 1 amide bonds. The van der Waals surface area contributed by atoms with Gasteiger partial charge in [-0.15, -0.1) is 0 Å². The van der Waals surface area contributed by atoms with E-state index in [1.54, 1.807) is 45.0 Å². The number of ketones is 1. The molecular weight excluding hydrogens is 262 g/mol. The van der Waals surface area contributed by atoms with E-state index in [2.05, 4.69) is 4.84 Å². The third-order valence-electron chi connectivity index (χ3n) is 2.15. The molecule has 0 saturated heterocycles. The third kappa shape index (κ3) is 6.31. The van der Waals surface area contributed by atoms with Crippen molar-refractivity contribution >= 4 is 11.9 Å². The summed E-state index contributed by atoms with van der Waals surface area (Å²) in [6.45, 7) is 5.05. The molecule has 0 aromatic heterocycles. The largest absolute Gasteiger partial charge is 0.442 e. The Morgan fingerprint density at radius 2 is 1.85 bits per heavy atom. The van der Waals surface area contributed by atoms with Gasteiger partial charge in [-0.25, -0.2) is 9.63 Å². The highest BCUT2D eigenvalue weighted by atomic mass is 16.8. The second-order valence-electron chi connectivity index (χ2n) is 5.20. The van der Waals surface area contributed by atoms with Gasteiger partial charge >= 0.3 is 6.09 Å². The van der Waals surface area contributed by atoms with Crippen molar-refractivity contribution in [2.75, 3.05) is 0 Å². The number of ether oxygens (including phenoxy) is 1. The van der Waals surface area contributed by atoms with E-state index in [0.717, 1.165) is 5.56 Å². The molecular formula is C14H19NO5. The number of rotatable bonds is 5. The van der Waals surface area contributed by atoms with Crippen molar-refractivity contribution in [1.82, 2.24) is 5.48 Å². The van der Waals surface area contributed by atoms with Crippen LogP contribution in [0.15, 0.2) is 30.3 Å². The molecule has 6 heteroatoms. The van der Waals surface area contributed by atoms with E-state index in [4.69, 9.17) is 4.74 Å². The zero-order chi connectivity index (χ0) is 15.2. The van der Waals surface area contributed by atoms with Crippen molar-refractivity contribution in [3.05, 3.63) is 35.9 Å². The molecule has 0 saturated carbocycles. The van der Waals surface area contributed by atoms with E-state index in [1.165, 1.54) is 0 Å². The van der Waals surface area contributed by atoms with Gasteiger partial charge in [0.1, 0.15) is 5.60 Å². The predicted molar refractivity (Wildman–Crippen MR) is 71.6 cm³/mol. The number of hydrogen-bond donors (Lipinski definition) is 2. The van der Waals surface area contributed by atoms with Crippen molar-refractivity contribution in [3.63, 3.8) is 0 Å². The van der Waals surface area contributed by atoms with Gasteiger partial charge in [0, 0.05) is 6.42 Å². The fourth-order valence-corrected chi connectivity index (χ4v) is 1.35. The van der Waals surface area contributed by atoms with Gasteiger partial charge < -0.3 is 9.84 Å². The first kappa shape index (κ1) is 16.1. The molecule has 1 aromatic carbocycles. The lowest BCUT2D eigenvalue weighted by molar-refractivity contribution is -0.168. The summed E-state index contributed by atoms with van der Waals surface area (Å²) in [5, 5.41) is 9.48. The van der Waals surface area contributed by atoms with Gasteiger partial charge in [0.2, 0.25) is 6.29 Å². The van der Waals surface area contributed by atoms with Crippen LogP contribution in [0.5, 0.6) is 0 Å². The molecule has 0 aliphatic rings. The van der Waals surface area contributed by atoms with Crippen LogP contribution in [0.4, 0.5) is 4.79 Å². The van der Waals surface area contributed by atoms with E-state index in [-0.39, 0.29) is 6.42 Å². The van der Waals surface area contributed by atoms with Gasteiger partial charge in [-0.3, -0.25) is 4.79 Å². The maximum absolute atomic E-state index is 11.6. The standard InChI is InChI=1S/C14H19NO5/c1-14(2,3)19-13(18)15-20-12(17)11(16)9-10-7-5-4-6-8-10/h4-8,12,17H,9H2,1-3H3,(H,15,18). The van der Waals surface area contributed by atoms with Gasteiger partial charge in [-0.2, -0.15) is 5.48 Å². The van der Waals surface area contributed by atoms with Crippen molar-refractivity contribution in [3.8, 4) is 0 Å². The molecule has 1 unspecified atom stereocenters. The Labute approximate surface area is 117 Å². The number of carbonyl (C=O) groups excluding carboxylic acids is 2. The molecule has 0 aliphatic carbocycles. The summed E-state index contributed by atoms with van der Waals surface area (Å²) in [6.07, 6.45) is -2.59. The van der Waals surface area contributed by atoms with Crippen LogP contribution in [0, 0.1) is 0 Å². The Balaban J connectivity index is 2.37. The van der Waals surface area contributed by atoms with E-state index in [9.17, 15) is 14.7 Å². The summed E-state index contributed by atoms with van der Waals surface area (Å²) < 4.78 is 4.89. The average molecular weight is 281 g/mol. The third-order valence-corrected chi connectivity index (χ3v) is 2.15.